The van der Waals surface area contributed by atoms with Gasteiger partial charge < -0.3 is 30.6 Å². The summed E-state index contributed by atoms with van der Waals surface area (Å²) >= 11 is 0. The lowest BCUT2D eigenvalue weighted by Crippen LogP contribution is -2.48. The van der Waals surface area contributed by atoms with Crippen LogP contribution in [0.3, 0.4) is 0 Å². The molecule has 5 N–H and O–H groups in total. The third-order valence-corrected chi connectivity index (χ3v) is 3.45. The van der Waals surface area contributed by atoms with E-state index in [0.717, 1.165) is 5.06 Å². The Kier molecular flexibility index (Phi) is 5.35. The smallest absolute Gasteiger partial charge is 0.412 e. The van der Waals surface area contributed by atoms with Crippen molar-refractivity contribution < 1.29 is 30.1 Å². The van der Waals surface area contributed by atoms with E-state index in [0.29, 0.717) is 0 Å². The molecule has 1 rings (SSSR count). The molecule has 0 aliphatic carbocycles. The van der Waals surface area contributed by atoms with Crippen molar-refractivity contribution in [1.82, 2.24) is 10.4 Å². The van der Waals surface area contributed by atoms with Crippen LogP contribution in [-0.4, -0.2) is 68.1 Å². The van der Waals surface area contributed by atoms with Crippen LogP contribution in [0.4, 0.5) is 4.79 Å². The molecule has 0 aromatic rings. The molecule has 0 spiro atoms. The quantitative estimate of drug-likeness (QED) is 0.467. The van der Waals surface area contributed by atoms with Gasteiger partial charge in [0, 0.05) is 6.54 Å². The normalized spacial score (nSPS) is 23.3. The summed E-state index contributed by atoms with van der Waals surface area (Å²) in [6.45, 7) is 6.06. The second-order valence-electron chi connectivity index (χ2n) is 6.12. The first kappa shape index (κ1) is 17.9. The van der Waals surface area contributed by atoms with Gasteiger partial charge in [0.05, 0.1) is 23.8 Å². The highest BCUT2D eigenvalue weighted by Gasteiger charge is 2.47. The van der Waals surface area contributed by atoms with Gasteiger partial charge in [-0.3, -0.25) is 0 Å². The van der Waals surface area contributed by atoms with Gasteiger partial charge in [-0.25, -0.2) is 4.79 Å². The van der Waals surface area contributed by atoms with Gasteiger partial charge in [-0.2, -0.15) is 5.06 Å². The summed E-state index contributed by atoms with van der Waals surface area (Å²) in [4.78, 5) is 11.7. The van der Waals surface area contributed by atoms with E-state index in [2.05, 4.69) is 5.32 Å². The summed E-state index contributed by atoms with van der Waals surface area (Å²) in [7, 11) is 0. The summed E-state index contributed by atoms with van der Waals surface area (Å²) in [6.07, 6.45) is -1.81. The maximum atomic E-state index is 11.7. The van der Waals surface area contributed by atoms with Crippen molar-refractivity contribution in [2.24, 2.45) is 0 Å². The molecule has 0 radical (unpaired) electrons. The van der Waals surface area contributed by atoms with E-state index in [1.165, 1.54) is 0 Å². The molecule has 1 heterocycles. The Morgan fingerprint density at radius 1 is 1.33 bits per heavy atom. The summed E-state index contributed by atoms with van der Waals surface area (Å²) < 4.78 is 5.15. The van der Waals surface area contributed by atoms with Crippen LogP contribution in [-0.2, 0) is 4.74 Å². The molecule has 0 fully saturated rings. The first-order valence-corrected chi connectivity index (χ1v) is 6.67. The van der Waals surface area contributed by atoms with E-state index in [-0.39, 0.29) is 12.3 Å². The number of hydrogen-bond acceptors (Lipinski definition) is 7. The summed E-state index contributed by atoms with van der Waals surface area (Å²) in [5, 5.41) is 40.7. The number of nitrogens with zero attached hydrogens (tertiary/aromatic N) is 1. The van der Waals surface area contributed by atoms with Crippen molar-refractivity contribution in [3.8, 4) is 0 Å². The molecule has 1 amide bonds. The molecule has 0 bridgehead atoms. The fraction of sp³-hybridized carbons (Fsp3) is 0.769. The van der Waals surface area contributed by atoms with Gasteiger partial charge >= 0.3 is 6.09 Å². The van der Waals surface area contributed by atoms with Crippen LogP contribution in [0, 0.1) is 0 Å². The van der Waals surface area contributed by atoms with E-state index in [4.69, 9.17) is 14.9 Å². The van der Waals surface area contributed by atoms with Crippen molar-refractivity contribution in [3.05, 3.63) is 11.8 Å². The number of carbonyl (C=O) groups excluding carboxylic acids is 1. The maximum Gasteiger partial charge on any atom is 0.412 e. The van der Waals surface area contributed by atoms with Crippen molar-refractivity contribution >= 4 is 6.09 Å². The molecule has 2 atom stereocenters. The Hall–Kier alpha value is -1.19. The van der Waals surface area contributed by atoms with E-state index >= 15 is 0 Å². The zero-order chi connectivity index (χ0) is 16.4. The molecular weight excluding hydrogens is 280 g/mol. The molecule has 2 unspecified atom stereocenters. The number of rotatable bonds is 5. The second kappa shape index (κ2) is 6.29. The summed E-state index contributed by atoms with van der Waals surface area (Å²) in [5.74, 6) is 0.282. The first-order chi connectivity index (χ1) is 9.52. The number of aliphatic hydroxyl groups is 3. The minimum atomic E-state index is -1.33. The van der Waals surface area contributed by atoms with E-state index < -0.39 is 36.0 Å². The van der Waals surface area contributed by atoms with Gasteiger partial charge in [0.1, 0.15) is 11.9 Å². The molecule has 21 heavy (non-hydrogen) atoms. The van der Waals surface area contributed by atoms with Crippen LogP contribution in [0.5, 0.6) is 0 Å². The van der Waals surface area contributed by atoms with Crippen LogP contribution >= 0.6 is 0 Å². The van der Waals surface area contributed by atoms with E-state index in [1.807, 2.05) is 0 Å². The standard InChI is InChI=1S/C13H24N2O6/c1-12(2)5-10(13(3,4)15(12)20)21-11(19)14-6-8(17)9(18)7-16/h5,8-9,16-18,20H,6-7H2,1-4H3,(H,14,19). The van der Waals surface area contributed by atoms with Crippen LogP contribution in [0.15, 0.2) is 11.8 Å². The second-order valence-corrected chi connectivity index (χ2v) is 6.12. The lowest BCUT2D eigenvalue weighted by molar-refractivity contribution is -0.190. The molecule has 0 aromatic heterocycles. The minimum absolute atomic E-state index is 0.263. The molecule has 0 saturated heterocycles. The largest absolute Gasteiger partial charge is 0.413 e. The number of ether oxygens (including phenoxy) is 1. The Morgan fingerprint density at radius 3 is 2.33 bits per heavy atom. The van der Waals surface area contributed by atoms with Crippen molar-refractivity contribution in [3.63, 3.8) is 0 Å². The molecule has 0 aromatic carbocycles. The third kappa shape index (κ3) is 3.92. The zero-order valence-corrected chi connectivity index (χ0v) is 12.7. The highest BCUT2D eigenvalue weighted by Crippen LogP contribution is 2.38. The third-order valence-electron chi connectivity index (χ3n) is 3.45. The van der Waals surface area contributed by atoms with Gasteiger partial charge in [-0.15, -0.1) is 0 Å². The average molecular weight is 304 g/mol. The lowest BCUT2D eigenvalue weighted by atomic mass is 10.1. The first-order valence-electron chi connectivity index (χ1n) is 6.67. The number of hydroxylamine groups is 2. The predicted molar refractivity (Wildman–Crippen MR) is 73.4 cm³/mol. The summed E-state index contributed by atoms with van der Waals surface area (Å²) in [6, 6.07) is 0. The van der Waals surface area contributed by atoms with Crippen molar-refractivity contribution in [1.29, 1.82) is 0 Å². The maximum absolute atomic E-state index is 11.7. The predicted octanol–water partition coefficient (Wildman–Crippen LogP) is -0.427. The number of alkyl carbamates (subject to hydrolysis) is 1. The van der Waals surface area contributed by atoms with Crippen LogP contribution in [0.2, 0.25) is 0 Å². The van der Waals surface area contributed by atoms with Crippen molar-refractivity contribution in [2.45, 2.75) is 51.0 Å². The number of hydrogen-bond donors (Lipinski definition) is 5. The van der Waals surface area contributed by atoms with E-state index in [1.54, 1.807) is 33.8 Å². The van der Waals surface area contributed by atoms with Crippen LogP contribution < -0.4 is 5.32 Å². The van der Waals surface area contributed by atoms with Crippen molar-refractivity contribution in [2.75, 3.05) is 13.2 Å². The Bertz CT molecular complexity index is 421. The fourth-order valence-corrected chi connectivity index (χ4v) is 2.12. The minimum Gasteiger partial charge on any atom is -0.413 e. The number of carbonyl (C=O) groups is 1. The molecule has 8 heteroatoms. The van der Waals surface area contributed by atoms with Gasteiger partial charge in [-0.1, -0.05) is 0 Å². The molecule has 1 aliphatic rings. The molecule has 0 saturated carbocycles. The van der Waals surface area contributed by atoms with Gasteiger partial charge in [0.25, 0.3) is 0 Å². The molecular formula is C13H24N2O6. The van der Waals surface area contributed by atoms with Gasteiger partial charge in [0.2, 0.25) is 0 Å². The number of amides is 1. The molecule has 8 nitrogen and oxygen atoms in total. The fourth-order valence-electron chi connectivity index (χ4n) is 2.12. The van der Waals surface area contributed by atoms with Crippen LogP contribution in [0.1, 0.15) is 27.7 Å². The molecule has 1 aliphatic heterocycles. The monoisotopic (exact) mass is 304 g/mol. The molecule has 122 valence electrons. The van der Waals surface area contributed by atoms with Crippen LogP contribution in [0.25, 0.3) is 0 Å². The average Bonchev–Trinajstić information content (AvgIpc) is 2.55. The lowest BCUT2D eigenvalue weighted by Gasteiger charge is -2.35. The topological polar surface area (TPSA) is 122 Å². The van der Waals surface area contributed by atoms with E-state index in [9.17, 15) is 15.1 Å². The highest BCUT2D eigenvalue weighted by atomic mass is 16.6. The highest BCUT2D eigenvalue weighted by molar-refractivity contribution is 5.69. The Balaban J connectivity index is 2.60. The summed E-state index contributed by atoms with van der Waals surface area (Å²) in [5.41, 5.74) is -1.55. The van der Waals surface area contributed by atoms with Gasteiger partial charge in [-0.05, 0) is 33.8 Å². The number of nitrogens with one attached hydrogen (secondary N) is 1. The SMILES string of the molecule is CC1(C)C=C(OC(=O)NCC(O)C(O)CO)C(C)(C)N1O. The Morgan fingerprint density at radius 2 is 1.90 bits per heavy atom. The zero-order valence-electron chi connectivity index (χ0n) is 12.7. The Labute approximate surface area is 123 Å². The van der Waals surface area contributed by atoms with Gasteiger partial charge in [0.15, 0.2) is 0 Å². The number of aliphatic hydroxyl groups excluding tert-OH is 3.